The summed E-state index contributed by atoms with van der Waals surface area (Å²) < 4.78 is 6.08. The predicted molar refractivity (Wildman–Crippen MR) is 99.1 cm³/mol. The maximum Gasteiger partial charge on any atom is 0.101 e. The quantitative estimate of drug-likeness (QED) is 0.554. The van der Waals surface area contributed by atoms with Gasteiger partial charge in [0.05, 0.1) is 12.7 Å². The highest BCUT2D eigenvalue weighted by atomic mass is 28.3. The van der Waals surface area contributed by atoms with Crippen LogP contribution in [0.4, 0.5) is 0 Å². The van der Waals surface area contributed by atoms with Crippen molar-refractivity contribution < 1.29 is 4.74 Å². The molecule has 2 atom stereocenters. The molecular weight excluding hydrogens is 300 g/mol. The molecule has 2 aliphatic rings. The zero-order chi connectivity index (χ0) is 16.4. The van der Waals surface area contributed by atoms with Gasteiger partial charge in [-0.1, -0.05) is 50.0 Å². The van der Waals surface area contributed by atoms with Gasteiger partial charge < -0.3 is 4.74 Å². The second-order valence-corrected chi connectivity index (χ2v) is 14.1. The molecule has 3 rings (SSSR count). The van der Waals surface area contributed by atoms with Crippen LogP contribution in [-0.2, 0) is 4.74 Å². The Balaban J connectivity index is 1.65. The van der Waals surface area contributed by atoms with Crippen LogP contribution < -0.4 is 0 Å². The molecule has 0 N–H and O–H groups in total. The van der Waals surface area contributed by atoms with Gasteiger partial charge in [0.15, 0.2) is 0 Å². The van der Waals surface area contributed by atoms with Crippen molar-refractivity contribution in [1.82, 2.24) is 9.80 Å². The van der Waals surface area contributed by atoms with E-state index in [-0.39, 0.29) is 0 Å². The molecule has 3 nitrogen and oxygen atoms in total. The van der Waals surface area contributed by atoms with E-state index >= 15 is 0 Å². The van der Waals surface area contributed by atoms with E-state index in [1.54, 1.807) is 0 Å². The third-order valence-corrected chi connectivity index (χ3v) is 6.83. The molecule has 0 aromatic heterocycles. The first-order valence-corrected chi connectivity index (χ1v) is 12.7. The zero-order valence-corrected chi connectivity index (χ0v) is 16.2. The lowest BCUT2D eigenvalue weighted by molar-refractivity contribution is 0.0218. The molecule has 0 amide bonds. The third kappa shape index (κ3) is 4.44. The number of ether oxygens (including phenoxy) is 1. The summed E-state index contributed by atoms with van der Waals surface area (Å²) in [6.45, 7) is 9.93. The van der Waals surface area contributed by atoms with Gasteiger partial charge in [0.1, 0.15) is 6.73 Å². The molecule has 1 heterocycles. The lowest BCUT2D eigenvalue weighted by Crippen LogP contribution is -2.32. The Morgan fingerprint density at radius 3 is 2.43 bits per heavy atom. The van der Waals surface area contributed by atoms with Crippen LogP contribution in [0.25, 0.3) is 0 Å². The molecule has 0 spiro atoms. The summed E-state index contributed by atoms with van der Waals surface area (Å²) in [6.07, 6.45) is 2.78. The van der Waals surface area contributed by atoms with Gasteiger partial charge in [-0.05, 0) is 37.4 Å². The van der Waals surface area contributed by atoms with E-state index in [9.17, 15) is 0 Å². The molecule has 128 valence electrons. The van der Waals surface area contributed by atoms with Crippen LogP contribution in [0.2, 0.25) is 25.7 Å². The van der Waals surface area contributed by atoms with Crippen molar-refractivity contribution >= 4 is 8.07 Å². The van der Waals surface area contributed by atoms with E-state index in [4.69, 9.17) is 4.74 Å². The Bertz CT molecular complexity index is 498. The fourth-order valence-corrected chi connectivity index (χ4v) is 4.48. The Morgan fingerprint density at radius 2 is 1.83 bits per heavy atom. The predicted octanol–water partition coefficient (Wildman–Crippen LogP) is 4.02. The van der Waals surface area contributed by atoms with Crippen LogP contribution in [0.1, 0.15) is 24.4 Å². The number of nitrogens with zero attached hydrogens (tertiary/aromatic N) is 2. The molecule has 1 aliphatic heterocycles. The standard InChI is InChI=1S/C19H32N2OSi/c1-20-14-21(15-22-12-13-23(2,3)4)19(18(20)17-10-11-17)16-8-6-5-7-9-16/h5-9,17-19H,10-15H2,1-4H3. The molecule has 0 radical (unpaired) electrons. The van der Waals surface area contributed by atoms with E-state index in [0.29, 0.717) is 12.1 Å². The Kier molecular flexibility index (Phi) is 5.26. The molecule has 1 aliphatic carbocycles. The minimum absolute atomic E-state index is 0.487. The minimum Gasteiger partial charge on any atom is -0.366 e. The number of rotatable bonds is 7. The lowest BCUT2D eigenvalue weighted by atomic mass is 9.96. The van der Waals surface area contributed by atoms with Crippen molar-refractivity contribution in [3.05, 3.63) is 35.9 Å². The summed E-state index contributed by atoms with van der Waals surface area (Å²) >= 11 is 0. The molecule has 23 heavy (non-hydrogen) atoms. The van der Waals surface area contributed by atoms with Gasteiger partial charge in [-0.2, -0.15) is 0 Å². The van der Waals surface area contributed by atoms with Gasteiger partial charge in [-0.25, -0.2) is 0 Å². The summed E-state index contributed by atoms with van der Waals surface area (Å²) in [7, 11) is 1.28. The maximum absolute atomic E-state index is 6.08. The van der Waals surface area contributed by atoms with Gasteiger partial charge in [0, 0.05) is 20.7 Å². The largest absolute Gasteiger partial charge is 0.366 e. The van der Waals surface area contributed by atoms with E-state index < -0.39 is 8.07 Å². The highest BCUT2D eigenvalue weighted by Crippen LogP contribution is 2.46. The summed E-state index contributed by atoms with van der Waals surface area (Å²) in [5.74, 6) is 0.872. The van der Waals surface area contributed by atoms with Gasteiger partial charge in [-0.15, -0.1) is 0 Å². The minimum atomic E-state index is -1.00. The Morgan fingerprint density at radius 1 is 1.13 bits per heavy atom. The number of benzene rings is 1. The fourth-order valence-electron chi connectivity index (χ4n) is 3.72. The van der Waals surface area contributed by atoms with Crippen molar-refractivity contribution in [1.29, 1.82) is 0 Å². The van der Waals surface area contributed by atoms with Crippen molar-refractivity contribution in [3.63, 3.8) is 0 Å². The van der Waals surface area contributed by atoms with Crippen molar-refractivity contribution in [2.24, 2.45) is 5.92 Å². The van der Waals surface area contributed by atoms with E-state index in [1.165, 1.54) is 24.4 Å². The van der Waals surface area contributed by atoms with Crippen LogP contribution in [0, 0.1) is 5.92 Å². The van der Waals surface area contributed by atoms with Crippen LogP contribution in [0.15, 0.2) is 30.3 Å². The molecule has 1 aromatic carbocycles. The smallest absolute Gasteiger partial charge is 0.101 e. The molecular formula is C19H32N2OSi. The average Bonchev–Trinajstić information content (AvgIpc) is 3.27. The first-order chi connectivity index (χ1) is 11.0. The summed E-state index contributed by atoms with van der Waals surface area (Å²) in [6, 6.07) is 13.4. The van der Waals surface area contributed by atoms with E-state index in [1.807, 2.05) is 0 Å². The van der Waals surface area contributed by atoms with Crippen LogP contribution >= 0.6 is 0 Å². The monoisotopic (exact) mass is 332 g/mol. The normalized spacial score (nSPS) is 26.8. The highest BCUT2D eigenvalue weighted by Gasteiger charge is 2.46. The second kappa shape index (κ2) is 7.05. The molecule has 0 bridgehead atoms. The molecule has 1 saturated carbocycles. The third-order valence-electron chi connectivity index (χ3n) is 5.13. The van der Waals surface area contributed by atoms with Gasteiger partial charge in [-0.3, -0.25) is 9.80 Å². The lowest BCUT2D eigenvalue weighted by Gasteiger charge is -2.28. The number of hydrogen-bond donors (Lipinski definition) is 0. The first kappa shape index (κ1) is 17.2. The van der Waals surface area contributed by atoms with Crippen molar-refractivity contribution in [2.75, 3.05) is 27.1 Å². The fraction of sp³-hybridized carbons (Fsp3) is 0.684. The molecule has 1 aromatic rings. The summed E-state index contributed by atoms with van der Waals surface area (Å²) in [4.78, 5) is 5.07. The summed E-state index contributed by atoms with van der Waals surface area (Å²) in [5.41, 5.74) is 1.45. The van der Waals surface area contributed by atoms with Crippen LogP contribution in [0.3, 0.4) is 0 Å². The average molecular weight is 333 g/mol. The van der Waals surface area contributed by atoms with E-state index in [2.05, 4.69) is 66.8 Å². The second-order valence-electron chi connectivity index (χ2n) is 8.52. The zero-order valence-electron chi connectivity index (χ0n) is 15.2. The van der Waals surface area contributed by atoms with Crippen molar-refractivity contribution in [2.45, 2.75) is 50.6 Å². The van der Waals surface area contributed by atoms with Crippen molar-refractivity contribution in [3.8, 4) is 0 Å². The number of hydrogen-bond acceptors (Lipinski definition) is 3. The van der Waals surface area contributed by atoms with E-state index in [0.717, 1.165) is 25.9 Å². The van der Waals surface area contributed by atoms with Crippen LogP contribution in [0.5, 0.6) is 0 Å². The highest BCUT2D eigenvalue weighted by molar-refractivity contribution is 6.76. The van der Waals surface area contributed by atoms with Gasteiger partial charge >= 0.3 is 0 Å². The Hall–Kier alpha value is -0.683. The molecule has 4 heteroatoms. The summed E-state index contributed by atoms with van der Waals surface area (Å²) in [5, 5.41) is 0. The SMILES string of the molecule is CN1CN(COCC[Si](C)(C)C)C(c2ccccc2)C1C1CC1. The van der Waals surface area contributed by atoms with Gasteiger partial charge in [0.25, 0.3) is 0 Å². The Labute approximate surface area is 142 Å². The first-order valence-electron chi connectivity index (χ1n) is 9.03. The van der Waals surface area contributed by atoms with Gasteiger partial charge in [0.2, 0.25) is 0 Å². The maximum atomic E-state index is 6.08. The molecule has 2 unspecified atom stereocenters. The molecule has 2 fully saturated rings. The van der Waals surface area contributed by atoms with Crippen LogP contribution in [-0.4, -0.2) is 51.0 Å². The topological polar surface area (TPSA) is 15.7 Å². The molecule has 1 saturated heterocycles. The number of likely N-dealkylation sites (N-methyl/N-ethyl adjacent to an activating group) is 1.